The first-order valence-corrected chi connectivity index (χ1v) is 36.7. The zero-order valence-electron chi connectivity index (χ0n) is 60.1. The first kappa shape index (κ1) is 88.1. The average Bonchev–Trinajstić information content (AvgIpc) is 0.797. The summed E-state index contributed by atoms with van der Waals surface area (Å²) in [5.74, 6) is -4.34. The summed E-state index contributed by atoms with van der Waals surface area (Å²) in [7, 11) is 3.05. The lowest BCUT2D eigenvalue weighted by molar-refractivity contribution is -0.156. The van der Waals surface area contributed by atoms with Crippen LogP contribution in [0.5, 0.6) is 0 Å². The third-order valence-electron chi connectivity index (χ3n) is 15.7. The molecule has 3 atom stereocenters. The number of allylic oxidation sites excluding steroid dienone is 8. The number of unbranched alkanes of at least 4 members (excludes halogenated alkanes) is 4. The topological polar surface area (TPSA) is 251 Å². The van der Waals surface area contributed by atoms with Gasteiger partial charge < -0.3 is 33.6 Å². The zero-order chi connectivity index (χ0) is 73.5. The van der Waals surface area contributed by atoms with Crippen LogP contribution >= 0.6 is 23.2 Å². The number of alkyl halides is 2. The van der Waals surface area contributed by atoms with Crippen molar-refractivity contribution >= 4 is 89.9 Å². The third kappa shape index (κ3) is 33.1. The second-order valence-electron chi connectivity index (χ2n) is 27.2. The molecule has 0 N–H and O–H groups in total. The Hall–Kier alpha value is -5.94. The van der Waals surface area contributed by atoms with Gasteiger partial charge in [0.2, 0.25) is 0 Å². The van der Waals surface area contributed by atoms with Crippen molar-refractivity contribution in [2.45, 2.75) is 173 Å². The monoisotopic (exact) mass is 1420 g/mol. The average molecular weight is 1420 g/mol. The summed E-state index contributed by atoms with van der Waals surface area (Å²) in [6, 6.07) is 12.8. The number of esters is 4. The van der Waals surface area contributed by atoms with Gasteiger partial charge in [0, 0.05) is 42.9 Å². The van der Waals surface area contributed by atoms with E-state index in [0.717, 1.165) is 69.4 Å². The molecule has 0 aliphatic heterocycles. The fraction of sp³-hybridized carbons (Fsp3) is 0.589. The van der Waals surface area contributed by atoms with E-state index in [2.05, 4.69) is 56.5 Å². The largest absolute Gasteiger partial charge is 0.465 e. The summed E-state index contributed by atoms with van der Waals surface area (Å²) >= 11 is 12.7. The van der Waals surface area contributed by atoms with Crippen LogP contribution in [0.25, 0.3) is 0 Å². The molecule has 2 aliphatic carbocycles. The summed E-state index contributed by atoms with van der Waals surface area (Å²) in [4.78, 5) is 100. The number of sulfone groups is 2. The Labute approximate surface area is 583 Å². The molecule has 0 amide bonds. The lowest BCUT2D eigenvalue weighted by Crippen LogP contribution is -2.45. The van der Waals surface area contributed by atoms with Gasteiger partial charge in [-0.15, -0.1) is 23.2 Å². The normalized spacial score (nSPS) is 15.3. The van der Waals surface area contributed by atoms with Gasteiger partial charge in [-0.2, -0.15) is 0 Å². The number of rotatable bonds is 36. The van der Waals surface area contributed by atoms with Crippen LogP contribution in [0, 0.1) is 30.1 Å². The van der Waals surface area contributed by atoms with Gasteiger partial charge in [-0.1, -0.05) is 96.4 Å². The molecule has 4 rings (SSSR count). The summed E-state index contributed by atoms with van der Waals surface area (Å²) in [6.07, 6.45) is 14.6. The molecule has 2 aromatic carbocycles. The minimum absolute atomic E-state index is 0.0440. The number of ketones is 4. The van der Waals surface area contributed by atoms with Crippen molar-refractivity contribution in [1.29, 1.82) is 0 Å². The Morgan fingerprint density at radius 3 is 1.22 bits per heavy atom. The molecule has 0 bridgehead atoms. The van der Waals surface area contributed by atoms with Crippen molar-refractivity contribution in [2.75, 3.05) is 99.4 Å². The molecule has 19 nitrogen and oxygen atoms in total. The van der Waals surface area contributed by atoms with E-state index < -0.39 is 69.7 Å². The van der Waals surface area contributed by atoms with Gasteiger partial charge in [-0.25, -0.2) is 21.6 Å². The van der Waals surface area contributed by atoms with Crippen molar-refractivity contribution in [3.8, 4) is 0 Å². The predicted octanol–water partition coefficient (Wildman–Crippen LogP) is 12.0. The number of ether oxygens (including phenoxy) is 4. The second kappa shape index (κ2) is 41.5. The van der Waals surface area contributed by atoms with Gasteiger partial charge in [0.25, 0.3) is 0 Å². The maximum atomic E-state index is 13.3. The molecule has 2 aromatic rings. The van der Waals surface area contributed by atoms with E-state index in [-0.39, 0.29) is 70.5 Å². The van der Waals surface area contributed by atoms with Crippen LogP contribution in [0.2, 0.25) is 0 Å². The molecule has 2 aliphatic rings. The highest BCUT2D eigenvalue weighted by atomic mass is 35.5. The van der Waals surface area contributed by atoms with Crippen LogP contribution in [0.3, 0.4) is 0 Å². The van der Waals surface area contributed by atoms with Gasteiger partial charge in [0.15, 0.2) is 47.7 Å². The number of hydrogen-bond donors (Lipinski definition) is 0. The van der Waals surface area contributed by atoms with E-state index in [9.17, 15) is 55.2 Å². The van der Waals surface area contributed by atoms with Gasteiger partial charge in [-0.05, 0) is 206 Å². The third-order valence-corrected chi connectivity index (χ3v) is 20.4. The Balaban J connectivity index is 0.000000714. The number of nitrogens with zero attached hydrogens (tertiary/aromatic N) is 3. The van der Waals surface area contributed by atoms with Gasteiger partial charge >= 0.3 is 23.9 Å². The molecule has 0 spiro atoms. The highest BCUT2D eigenvalue weighted by Crippen LogP contribution is 2.39. The van der Waals surface area contributed by atoms with E-state index in [4.69, 9.17) is 42.1 Å². The van der Waals surface area contributed by atoms with E-state index in [1.807, 2.05) is 55.4 Å². The highest BCUT2D eigenvalue weighted by molar-refractivity contribution is 7.91. The van der Waals surface area contributed by atoms with Crippen LogP contribution in [0.4, 0.5) is 0 Å². The second-order valence-corrected chi connectivity index (χ2v) is 32.9. The number of aryl methyl sites for hydroxylation is 2. The van der Waals surface area contributed by atoms with Crippen molar-refractivity contribution in [3.63, 3.8) is 0 Å². The smallest absolute Gasteiger partial charge is 0.333 e. The van der Waals surface area contributed by atoms with Crippen LogP contribution in [-0.2, 0) is 77.0 Å². The quantitative estimate of drug-likeness (QED) is 0.0153. The Kier molecular flexibility index (Phi) is 38.0. The van der Waals surface area contributed by atoms with Gasteiger partial charge in [0.05, 0.1) is 53.1 Å². The summed E-state index contributed by atoms with van der Waals surface area (Å²) < 4.78 is 72.1. The first-order valence-electron chi connectivity index (χ1n) is 32.6. The maximum Gasteiger partial charge on any atom is 0.333 e. The van der Waals surface area contributed by atoms with E-state index in [1.54, 1.807) is 31.2 Å². The number of carbonyl (C=O) groups is 8. The van der Waals surface area contributed by atoms with Crippen molar-refractivity contribution in [1.82, 2.24) is 14.7 Å². The molecule has 0 radical (unpaired) electrons. The Bertz CT molecular complexity index is 3280. The maximum absolute atomic E-state index is 13.3. The van der Waals surface area contributed by atoms with Crippen LogP contribution in [0.1, 0.15) is 151 Å². The Morgan fingerprint density at radius 1 is 0.490 bits per heavy atom. The minimum Gasteiger partial charge on any atom is -0.465 e. The molecule has 0 aromatic heterocycles. The minimum atomic E-state index is -3.93. The molecule has 23 heteroatoms. The molecular weight excluding hydrogens is 1310 g/mol. The molecule has 0 fully saturated rings. The van der Waals surface area contributed by atoms with Crippen LogP contribution in [0.15, 0.2) is 118 Å². The standard InChI is InChI=1S/C32H43ClO8S.C17H22O4.C15H21ClO4S.C9H23N3/c1-7-8-18-40-28(36)31(5,22-42(38,39)25-14-11-23(2)12-15-25)21-32(6,33)29(37)41-19-10-9-17-30(3,4)26-20-24(34)13-16-27(26)35;1-12(2)16(20)21-10-6-5-9-17(3,4)14-11-13(18)7-8-15(14)19;1-4-5-10-20-14(17)15(3,16)11-21(18,19)13-8-6-12(2)7-9-13;1-10(2)6-8-12(5)9-7-11(3)4/h11-16,20H,7-10,17-19,21-22H2,1-6H3;7-8,11H,1,5-6,9-10H2,2-4H3;6-9H,4-5,10-11H2,1-3H3;6-9H2,1-5H3. The van der Waals surface area contributed by atoms with Crippen molar-refractivity contribution in [3.05, 3.63) is 119 Å². The molecule has 0 saturated heterocycles. The van der Waals surface area contributed by atoms with Crippen molar-refractivity contribution in [2.24, 2.45) is 16.2 Å². The Morgan fingerprint density at radius 2 is 0.844 bits per heavy atom. The summed E-state index contributed by atoms with van der Waals surface area (Å²) in [5, 5.41) is 0. The van der Waals surface area contributed by atoms with Crippen LogP contribution in [-0.4, -0.2) is 188 Å². The number of benzene rings is 2. The SMILES string of the molecule is C=C(C)C(=O)OCCCCC(C)(C)C1=CC(=O)C=CC1=O.CCCCOC(=O)C(C)(CC(C)(Cl)C(=O)OCCCCC(C)(C)C1=CC(=O)C=CC1=O)CS(=O)(=O)c1ccc(C)cc1.CCCCOC(=O)C(C)(Cl)CS(=O)(=O)c1ccc(C)cc1.CN(C)CCN(C)CCN(C)C. The zero-order valence-corrected chi connectivity index (χ0v) is 63.2. The fourth-order valence-electron chi connectivity index (χ4n) is 9.56. The van der Waals surface area contributed by atoms with Gasteiger partial charge in [0.1, 0.15) is 4.87 Å². The molecular formula is C73H109Cl2N3O16S2. The van der Waals surface area contributed by atoms with Gasteiger partial charge in [-0.3, -0.25) is 33.6 Å². The number of likely N-dealkylation sites (N-methyl/N-ethyl adjacent to an activating group) is 3. The van der Waals surface area contributed by atoms with E-state index in [1.165, 1.54) is 81.5 Å². The molecule has 3 unspecified atom stereocenters. The fourth-order valence-corrected chi connectivity index (χ4v) is 13.7. The van der Waals surface area contributed by atoms with E-state index >= 15 is 0 Å². The summed E-state index contributed by atoms with van der Waals surface area (Å²) in [6.45, 7) is 30.0. The lowest BCUT2D eigenvalue weighted by atomic mass is 9.76. The van der Waals surface area contributed by atoms with Crippen LogP contribution < -0.4 is 0 Å². The number of carbonyl (C=O) groups excluding carboxylic acids is 8. The molecule has 0 heterocycles. The van der Waals surface area contributed by atoms with Crippen molar-refractivity contribution < 1.29 is 74.1 Å². The molecule has 96 heavy (non-hydrogen) atoms. The number of halogens is 2. The summed E-state index contributed by atoms with van der Waals surface area (Å²) in [5.41, 5.74) is 0.715. The number of hydrogen-bond acceptors (Lipinski definition) is 19. The highest BCUT2D eigenvalue weighted by Gasteiger charge is 2.48. The first-order chi connectivity index (χ1) is 44.4. The molecule has 0 saturated carbocycles. The predicted molar refractivity (Wildman–Crippen MR) is 381 cm³/mol. The van der Waals surface area contributed by atoms with E-state index in [0.29, 0.717) is 55.4 Å². The lowest BCUT2D eigenvalue weighted by Gasteiger charge is -2.33. The molecule has 538 valence electrons.